The van der Waals surface area contributed by atoms with Crippen LogP contribution in [0, 0.1) is 0 Å². The van der Waals surface area contributed by atoms with Crippen molar-refractivity contribution in [3.63, 3.8) is 0 Å². The number of carbonyl (C=O) groups is 2. The molecule has 1 heterocycles. The van der Waals surface area contributed by atoms with E-state index in [0.717, 1.165) is 5.56 Å². The number of hydrogen-bond donors (Lipinski definition) is 2. The Bertz CT molecular complexity index is 592. The number of ether oxygens (including phenoxy) is 1. The molecule has 0 aliphatic heterocycles. The molecule has 0 aliphatic rings. The molecule has 0 spiro atoms. The third-order valence-corrected chi connectivity index (χ3v) is 3.26. The van der Waals surface area contributed by atoms with E-state index in [1.54, 1.807) is 24.5 Å². The van der Waals surface area contributed by atoms with Crippen molar-refractivity contribution in [3.8, 4) is 0 Å². The molecule has 22 heavy (non-hydrogen) atoms. The fourth-order valence-corrected chi connectivity index (χ4v) is 2.27. The topological polar surface area (TPSA) is 88.5 Å². The fourth-order valence-electron chi connectivity index (χ4n) is 2.27. The molecule has 2 rings (SSSR count). The smallest absolute Gasteiger partial charge is 0.407 e. The van der Waals surface area contributed by atoms with Crippen LogP contribution in [0.1, 0.15) is 17.0 Å². The van der Waals surface area contributed by atoms with Gasteiger partial charge in [-0.1, -0.05) is 36.4 Å². The maximum atomic E-state index is 11.6. The van der Waals surface area contributed by atoms with E-state index in [-0.39, 0.29) is 0 Å². The first-order valence-electron chi connectivity index (χ1n) is 6.65. The Morgan fingerprint density at radius 2 is 1.82 bits per heavy atom. The lowest BCUT2D eigenvalue weighted by molar-refractivity contribution is -0.139. The van der Waals surface area contributed by atoms with Crippen molar-refractivity contribution in [1.82, 2.24) is 10.3 Å². The van der Waals surface area contributed by atoms with Crippen LogP contribution in [-0.4, -0.2) is 35.3 Å². The van der Waals surface area contributed by atoms with E-state index in [2.05, 4.69) is 15.0 Å². The second kappa shape index (κ2) is 7.21. The molecule has 1 aromatic carbocycles. The van der Waals surface area contributed by atoms with Crippen LogP contribution in [0.25, 0.3) is 0 Å². The van der Waals surface area contributed by atoms with Gasteiger partial charge in [-0.2, -0.15) is 0 Å². The summed E-state index contributed by atoms with van der Waals surface area (Å²) in [7, 11) is 1.19. The Balaban J connectivity index is 2.46. The number of carboxylic acids is 1. The SMILES string of the molecule is COC(=O)N[C@H](C(=O)O)C(c1ccccc1)c1cccnc1. The Labute approximate surface area is 127 Å². The molecule has 0 saturated carbocycles. The highest BCUT2D eigenvalue weighted by Gasteiger charge is 2.32. The molecule has 0 bridgehead atoms. The summed E-state index contributed by atoms with van der Waals surface area (Å²) in [5.41, 5.74) is 1.46. The van der Waals surface area contributed by atoms with Crippen LogP contribution in [0.3, 0.4) is 0 Å². The van der Waals surface area contributed by atoms with Gasteiger partial charge < -0.3 is 15.2 Å². The second-order valence-corrected chi connectivity index (χ2v) is 4.63. The van der Waals surface area contributed by atoms with Gasteiger partial charge in [-0.25, -0.2) is 9.59 Å². The number of carbonyl (C=O) groups excluding carboxylic acids is 1. The quantitative estimate of drug-likeness (QED) is 0.882. The van der Waals surface area contributed by atoms with E-state index in [9.17, 15) is 14.7 Å². The Hall–Kier alpha value is -2.89. The molecule has 0 fully saturated rings. The fraction of sp³-hybridized carbons (Fsp3) is 0.188. The number of hydrogen-bond acceptors (Lipinski definition) is 4. The number of alkyl carbamates (subject to hydrolysis) is 1. The Kier molecular flexibility index (Phi) is 5.08. The van der Waals surface area contributed by atoms with E-state index in [1.165, 1.54) is 7.11 Å². The number of nitrogens with zero attached hydrogens (tertiary/aromatic N) is 1. The van der Waals surface area contributed by atoms with Gasteiger partial charge in [0.2, 0.25) is 0 Å². The predicted molar refractivity (Wildman–Crippen MR) is 79.5 cm³/mol. The van der Waals surface area contributed by atoms with Crippen LogP contribution in [-0.2, 0) is 9.53 Å². The van der Waals surface area contributed by atoms with Crippen molar-refractivity contribution >= 4 is 12.1 Å². The first-order valence-corrected chi connectivity index (χ1v) is 6.65. The monoisotopic (exact) mass is 300 g/mol. The van der Waals surface area contributed by atoms with Crippen molar-refractivity contribution in [2.75, 3.05) is 7.11 Å². The molecule has 2 atom stereocenters. The molecule has 0 saturated heterocycles. The van der Waals surface area contributed by atoms with Gasteiger partial charge in [0.25, 0.3) is 0 Å². The number of aromatic nitrogens is 1. The first-order chi connectivity index (χ1) is 10.6. The van der Waals surface area contributed by atoms with Crippen LogP contribution >= 0.6 is 0 Å². The minimum atomic E-state index is -1.17. The summed E-state index contributed by atoms with van der Waals surface area (Å²) in [6.07, 6.45) is 2.40. The van der Waals surface area contributed by atoms with E-state index in [4.69, 9.17) is 0 Å². The van der Waals surface area contributed by atoms with Gasteiger partial charge in [0.05, 0.1) is 7.11 Å². The standard InChI is InChI=1S/C16H16N2O4/c1-22-16(21)18-14(15(19)20)13(11-6-3-2-4-7-11)12-8-5-9-17-10-12/h2-10,13-14H,1H3,(H,18,21)(H,19,20)/t13?,14-/m0/s1. The Morgan fingerprint density at radius 3 is 2.36 bits per heavy atom. The third-order valence-electron chi connectivity index (χ3n) is 3.26. The highest BCUT2D eigenvalue weighted by atomic mass is 16.5. The molecule has 0 radical (unpaired) electrons. The molecule has 1 amide bonds. The lowest BCUT2D eigenvalue weighted by Crippen LogP contribution is -2.45. The summed E-state index contributed by atoms with van der Waals surface area (Å²) in [5, 5.41) is 11.9. The molecular weight excluding hydrogens is 284 g/mol. The van der Waals surface area contributed by atoms with Gasteiger partial charge in [-0.15, -0.1) is 0 Å². The van der Waals surface area contributed by atoms with Crippen molar-refractivity contribution in [1.29, 1.82) is 0 Å². The van der Waals surface area contributed by atoms with Gasteiger partial charge in [-0.05, 0) is 17.2 Å². The van der Waals surface area contributed by atoms with Crippen LogP contribution < -0.4 is 5.32 Å². The largest absolute Gasteiger partial charge is 0.480 e. The van der Waals surface area contributed by atoms with Crippen LogP contribution in [0.5, 0.6) is 0 Å². The van der Waals surface area contributed by atoms with E-state index < -0.39 is 24.0 Å². The predicted octanol–water partition coefficient (Wildman–Crippen LogP) is 2.02. The molecule has 0 aliphatic carbocycles. The van der Waals surface area contributed by atoms with Crippen molar-refractivity contribution in [2.45, 2.75) is 12.0 Å². The van der Waals surface area contributed by atoms with E-state index in [0.29, 0.717) is 5.56 Å². The highest BCUT2D eigenvalue weighted by Crippen LogP contribution is 2.28. The summed E-state index contributed by atoms with van der Waals surface area (Å²) in [6, 6.07) is 11.4. The zero-order valence-electron chi connectivity index (χ0n) is 12.0. The lowest BCUT2D eigenvalue weighted by Gasteiger charge is -2.25. The van der Waals surface area contributed by atoms with Gasteiger partial charge in [0.1, 0.15) is 6.04 Å². The summed E-state index contributed by atoms with van der Waals surface area (Å²) >= 11 is 0. The minimum Gasteiger partial charge on any atom is -0.480 e. The van der Waals surface area contributed by atoms with Gasteiger partial charge in [0.15, 0.2) is 0 Å². The molecule has 2 aromatic rings. The molecule has 1 unspecified atom stereocenters. The van der Waals surface area contributed by atoms with Crippen LogP contribution in [0.4, 0.5) is 4.79 Å². The van der Waals surface area contributed by atoms with Gasteiger partial charge in [0, 0.05) is 18.3 Å². The van der Waals surface area contributed by atoms with Crippen molar-refractivity contribution < 1.29 is 19.4 Å². The molecule has 1 aromatic heterocycles. The van der Waals surface area contributed by atoms with Gasteiger partial charge in [-0.3, -0.25) is 4.98 Å². The first kappa shape index (κ1) is 15.5. The zero-order valence-corrected chi connectivity index (χ0v) is 12.0. The number of carboxylic acid groups (broad SMARTS) is 1. The summed E-state index contributed by atoms with van der Waals surface area (Å²) in [5.74, 6) is -1.73. The normalized spacial score (nSPS) is 13.0. The molecule has 6 heteroatoms. The van der Waals surface area contributed by atoms with E-state index >= 15 is 0 Å². The average Bonchev–Trinajstić information content (AvgIpc) is 2.56. The lowest BCUT2D eigenvalue weighted by atomic mass is 9.86. The maximum absolute atomic E-state index is 11.6. The number of aliphatic carboxylic acids is 1. The maximum Gasteiger partial charge on any atom is 0.407 e. The highest BCUT2D eigenvalue weighted by molar-refractivity contribution is 5.81. The third kappa shape index (κ3) is 3.60. The number of pyridine rings is 1. The Morgan fingerprint density at radius 1 is 1.14 bits per heavy atom. The number of nitrogens with one attached hydrogen (secondary N) is 1. The van der Waals surface area contributed by atoms with E-state index in [1.807, 2.05) is 30.3 Å². The number of amides is 1. The van der Waals surface area contributed by atoms with Gasteiger partial charge >= 0.3 is 12.1 Å². The summed E-state index contributed by atoms with van der Waals surface area (Å²) < 4.78 is 4.52. The second-order valence-electron chi connectivity index (χ2n) is 4.63. The van der Waals surface area contributed by atoms with Crippen LogP contribution in [0.2, 0.25) is 0 Å². The molecule has 2 N–H and O–H groups in total. The van der Waals surface area contributed by atoms with Crippen molar-refractivity contribution in [3.05, 3.63) is 66.0 Å². The zero-order chi connectivity index (χ0) is 15.9. The molecular formula is C16H16N2O4. The van der Waals surface area contributed by atoms with Crippen molar-refractivity contribution in [2.24, 2.45) is 0 Å². The molecule has 6 nitrogen and oxygen atoms in total. The number of methoxy groups -OCH3 is 1. The van der Waals surface area contributed by atoms with Crippen LogP contribution in [0.15, 0.2) is 54.9 Å². The summed E-state index contributed by atoms with van der Waals surface area (Å²) in [6.45, 7) is 0. The number of rotatable bonds is 5. The minimum absolute atomic E-state index is 0.577. The average molecular weight is 300 g/mol. The summed E-state index contributed by atoms with van der Waals surface area (Å²) in [4.78, 5) is 27.2. The number of benzene rings is 1. The molecule has 114 valence electrons.